The van der Waals surface area contributed by atoms with Crippen molar-refractivity contribution in [2.75, 3.05) is 25.6 Å². The largest absolute Gasteiger partial charge is 0.490 e. The Hall–Kier alpha value is -4.02. The minimum absolute atomic E-state index is 0.00890. The van der Waals surface area contributed by atoms with E-state index in [-0.39, 0.29) is 19.4 Å². The average molecular weight is 633 g/mol. The maximum Gasteiger partial charge on any atom is 0.224 e. The molecule has 0 fully saturated rings. The zero-order valence-corrected chi connectivity index (χ0v) is 26.0. The third-order valence-corrected chi connectivity index (χ3v) is 8.41. The number of hydrogen-bond donors (Lipinski definition) is 4. The van der Waals surface area contributed by atoms with E-state index in [1.807, 2.05) is 61.6 Å². The number of ether oxygens (including phenoxy) is 1. The van der Waals surface area contributed by atoms with Crippen molar-refractivity contribution in [1.29, 1.82) is 0 Å². The standard InChI is InChI=1S/C35H38ClFN4O4/c1-41(2)33-14-11-24(19-39-33)22-9-7-21(8-10-22)15-29(38)30(42)17-25(16-23-5-3-4-6-28(23)37)35(44)40-34-27-18-26(36)12-13-32(27)45-20-31(34)43/h3-14,18-19,25,29-31,34,42-43H,15-17,20,38H2,1-2H3,(H,40,44). The van der Waals surface area contributed by atoms with E-state index in [1.54, 1.807) is 36.4 Å². The highest BCUT2D eigenvalue weighted by Gasteiger charge is 2.34. The lowest BCUT2D eigenvalue weighted by molar-refractivity contribution is -0.128. The molecular weight excluding hydrogens is 595 g/mol. The number of amides is 1. The Labute approximate surface area is 267 Å². The number of anilines is 1. The van der Waals surface area contributed by atoms with E-state index in [9.17, 15) is 19.4 Å². The van der Waals surface area contributed by atoms with Crippen LogP contribution in [0.4, 0.5) is 10.2 Å². The zero-order chi connectivity index (χ0) is 32.1. The Morgan fingerprint density at radius 1 is 1.09 bits per heavy atom. The number of nitrogens with zero attached hydrogens (tertiary/aromatic N) is 2. The minimum atomic E-state index is -1.06. The monoisotopic (exact) mass is 632 g/mol. The molecule has 10 heteroatoms. The first-order chi connectivity index (χ1) is 21.6. The van der Waals surface area contributed by atoms with Crippen molar-refractivity contribution in [3.63, 3.8) is 0 Å². The number of hydrogen-bond acceptors (Lipinski definition) is 7. The molecule has 1 amide bonds. The van der Waals surface area contributed by atoms with Crippen LogP contribution in [0.25, 0.3) is 11.1 Å². The van der Waals surface area contributed by atoms with Crippen molar-refractivity contribution >= 4 is 23.3 Å². The number of aliphatic hydroxyl groups is 2. The quantitative estimate of drug-likeness (QED) is 0.189. The second kappa shape index (κ2) is 14.4. The van der Waals surface area contributed by atoms with Crippen LogP contribution in [0.1, 0.15) is 29.2 Å². The van der Waals surface area contributed by atoms with Crippen LogP contribution >= 0.6 is 11.6 Å². The molecule has 5 atom stereocenters. The number of pyridine rings is 1. The molecule has 1 aromatic heterocycles. The topological polar surface area (TPSA) is 121 Å². The summed E-state index contributed by atoms with van der Waals surface area (Å²) in [6.07, 6.45) is 0.150. The Balaban J connectivity index is 1.29. The van der Waals surface area contributed by atoms with Gasteiger partial charge in [0.1, 0.15) is 30.1 Å². The lowest BCUT2D eigenvalue weighted by Crippen LogP contribution is -2.46. The first-order valence-electron chi connectivity index (χ1n) is 14.9. The molecule has 0 aliphatic carbocycles. The van der Waals surface area contributed by atoms with Gasteiger partial charge in [-0.25, -0.2) is 9.37 Å². The van der Waals surface area contributed by atoms with Crippen molar-refractivity contribution in [2.45, 2.75) is 43.6 Å². The van der Waals surface area contributed by atoms with Gasteiger partial charge < -0.3 is 30.9 Å². The summed E-state index contributed by atoms with van der Waals surface area (Å²) in [4.78, 5) is 20.1. The van der Waals surface area contributed by atoms with E-state index in [0.717, 1.165) is 22.5 Å². The van der Waals surface area contributed by atoms with Gasteiger partial charge in [0.2, 0.25) is 5.91 Å². The van der Waals surface area contributed by atoms with Gasteiger partial charge >= 0.3 is 0 Å². The summed E-state index contributed by atoms with van der Waals surface area (Å²) in [7, 11) is 3.88. The summed E-state index contributed by atoms with van der Waals surface area (Å²) < 4.78 is 20.3. The van der Waals surface area contributed by atoms with Gasteiger partial charge in [-0.15, -0.1) is 0 Å². The molecule has 0 radical (unpaired) electrons. The molecule has 2 heterocycles. The van der Waals surface area contributed by atoms with Crippen LogP contribution in [0.15, 0.2) is 85.1 Å². The molecule has 4 aromatic rings. The SMILES string of the molecule is CN(C)c1ccc(-c2ccc(CC(N)C(O)CC(Cc3ccccc3F)C(=O)NC3c4cc(Cl)ccc4OCC3O)cc2)cn1. The summed E-state index contributed by atoms with van der Waals surface area (Å²) in [6, 6.07) is 21.6. The van der Waals surface area contributed by atoms with Crippen LogP contribution in [-0.4, -0.2) is 60.1 Å². The van der Waals surface area contributed by atoms with Crippen molar-refractivity contribution < 1.29 is 24.1 Å². The highest BCUT2D eigenvalue weighted by molar-refractivity contribution is 6.30. The van der Waals surface area contributed by atoms with Crippen molar-refractivity contribution in [1.82, 2.24) is 10.3 Å². The summed E-state index contributed by atoms with van der Waals surface area (Å²) in [6.45, 7) is -0.0121. The highest BCUT2D eigenvalue weighted by atomic mass is 35.5. The van der Waals surface area contributed by atoms with Gasteiger partial charge in [0.15, 0.2) is 0 Å². The van der Waals surface area contributed by atoms with E-state index < -0.39 is 41.9 Å². The first kappa shape index (κ1) is 32.4. The maximum atomic E-state index is 14.7. The van der Waals surface area contributed by atoms with E-state index in [4.69, 9.17) is 22.1 Å². The third-order valence-electron chi connectivity index (χ3n) is 8.18. The predicted molar refractivity (Wildman–Crippen MR) is 174 cm³/mol. The van der Waals surface area contributed by atoms with Gasteiger partial charge in [-0.2, -0.15) is 0 Å². The lowest BCUT2D eigenvalue weighted by atomic mass is 9.88. The smallest absolute Gasteiger partial charge is 0.224 e. The Morgan fingerprint density at radius 3 is 2.51 bits per heavy atom. The molecule has 1 aliphatic heterocycles. The number of benzene rings is 3. The second-order valence-corrected chi connectivity index (χ2v) is 12.1. The summed E-state index contributed by atoms with van der Waals surface area (Å²) in [5, 5.41) is 25.3. The van der Waals surface area contributed by atoms with Gasteiger partial charge in [0.05, 0.1) is 12.1 Å². The minimum Gasteiger partial charge on any atom is -0.490 e. The maximum absolute atomic E-state index is 14.7. The molecule has 0 bridgehead atoms. The van der Waals surface area contributed by atoms with Gasteiger partial charge in [0.25, 0.3) is 0 Å². The number of nitrogens with two attached hydrogens (primary N) is 1. The molecule has 5 unspecified atom stereocenters. The number of aromatic nitrogens is 1. The Kier molecular flexibility index (Phi) is 10.4. The third kappa shape index (κ3) is 7.99. The Morgan fingerprint density at radius 2 is 1.82 bits per heavy atom. The average Bonchev–Trinajstić information content (AvgIpc) is 3.03. The first-order valence-corrected chi connectivity index (χ1v) is 15.3. The molecule has 0 saturated heterocycles. The summed E-state index contributed by atoms with van der Waals surface area (Å²) in [5.41, 5.74) is 10.3. The molecule has 0 saturated carbocycles. The van der Waals surface area contributed by atoms with Gasteiger partial charge in [-0.1, -0.05) is 54.1 Å². The van der Waals surface area contributed by atoms with E-state index in [0.29, 0.717) is 28.3 Å². The highest BCUT2D eigenvalue weighted by Crippen LogP contribution is 2.35. The number of aliphatic hydroxyl groups excluding tert-OH is 2. The van der Waals surface area contributed by atoms with Crippen LogP contribution < -0.4 is 20.7 Å². The van der Waals surface area contributed by atoms with E-state index in [2.05, 4.69) is 10.3 Å². The fourth-order valence-corrected chi connectivity index (χ4v) is 5.74. The summed E-state index contributed by atoms with van der Waals surface area (Å²) in [5.74, 6) is -0.338. The van der Waals surface area contributed by atoms with Crippen molar-refractivity contribution in [3.8, 4) is 16.9 Å². The molecular formula is C35H38ClFN4O4. The fourth-order valence-electron chi connectivity index (χ4n) is 5.56. The molecule has 0 spiro atoms. The van der Waals surface area contributed by atoms with Crippen LogP contribution in [0.5, 0.6) is 5.75 Å². The molecule has 3 aromatic carbocycles. The predicted octanol–water partition coefficient (Wildman–Crippen LogP) is 4.70. The number of nitrogens with one attached hydrogen (secondary N) is 1. The molecule has 45 heavy (non-hydrogen) atoms. The fraction of sp³-hybridized carbons (Fsp3) is 0.314. The van der Waals surface area contributed by atoms with E-state index in [1.165, 1.54) is 6.07 Å². The Bertz CT molecular complexity index is 1600. The van der Waals surface area contributed by atoms with Crippen LogP contribution in [0.3, 0.4) is 0 Å². The normalized spacial score (nSPS) is 17.8. The van der Waals surface area contributed by atoms with Gasteiger partial charge in [-0.05, 0) is 72.4 Å². The van der Waals surface area contributed by atoms with Crippen LogP contribution in [-0.2, 0) is 17.6 Å². The second-order valence-electron chi connectivity index (χ2n) is 11.7. The van der Waals surface area contributed by atoms with Gasteiger partial charge in [-0.3, -0.25) is 4.79 Å². The lowest BCUT2D eigenvalue weighted by Gasteiger charge is -2.33. The summed E-state index contributed by atoms with van der Waals surface area (Å²) >= 11 is 6.20. The number of fused-ring (bicyclic) bond motifs is 1. The molecule has 1 aliphatic rings. The molecule has 5 rings (SSSR count). The van der Waals surface area contributed by atoms with Gasteiger partial charge in [0, 0.05) is 48.4 Å². The zero-order valence-electron chi connectivity index (χ0n) is 25.2. The van der Waals surface area contributed by atoms with Crippen molar-refractivity contribution in [2.24, 2.45) is 11.7 Å². The van der Waals surface area contributed by atoms with Crippen molar-refractivity contribution in [3.05, 3.63) is 113 Å². The number of carbonyl (C=O) groups is 1. The van der Waals surface area contributed by atoms with Crippen LogP contribution in [0.2, 0.25) is 5.02 Å². The van der Waals surface area contributed by atoms with Crippen LogP contribution in [0, 0.1) is 11.7 Å². The van der Waals surface area contributed by atoms with E-state index >= 15 is 0 Å². The molecule has 236 valence electrons. The molecule has 8 nitrogen and oxygen atoms in total. The number of halogens is 2. The number of carbonyl (C=O) groups excluding carboxylic acids is 1. The molecule has 5 N–H and O–H groups in total. The number of rotatable bonds is 11.